The minimum absolute atomic E-state index is 0.802. The predicted octanol–water partition coefficient (Wildman–Crippen LogP) is 3.03. The molecular formula is C10H22O2Si. The third-order valence-electron chi connectivity index (χ3n) is 1.65. The van der Waals surface area contributed by atoms with Crippen LogP contribution in [0.5, 0.6) is 0 Å². The summed E-state index contributed by atoms with van der Waals surface area (Å²) in [6.45, 7) is 9.94. The molecule has 0 heterocycles. The Hall–Kier alpha value is -0.123. The Bertz CT molecular complexity index is 138. The standard InChI is InChI=1S/C10H22O2Si/c1-5-8-11-13(4,10-7-3)12-9-6-2/h7,10H,5-6,8-9H2,1-4H3. The molecule has 0 aliphatic heterocycles. The molecular weight excluding hydrogens is 180 g/mol. The second kappa shape index (κ2) is 7.30. The van der Waals surface area contributed by atoms with E-state index >= 15 is 0 Å². The highest BCUT2D eigenvalue weighted by molar-refractivity contribution is 6.71. The zero-order valence-electron chi connectivity index (χ0n) is 9.30. The van der Waals surface area contributed by atoms with E-state index in [2.05, 4.69) is 26.1 Å². The Kier molecular flexibility index (Phi) is 7.23. The normalized spacial score (nSPS) is 12.6. The first kappa shape index (κ1) is 12.9. The van der Waals surface area contributed by atoms with Crippen LogP contribution in [0, 0.1) is 0 Å². The molecule has 3 heteroatoms. The molecule has 0 unspecified atom stereocenters. The second-order valence-corrected chi connectivity index (χ2v) is 6.16. The molecule has 13 heavy (non-hydrogen) atoms. The number of hydrogen-bond acceptors (Lipinski definition) is 2. The zero-order valence-corrected chi connectivity index (χ0v) is 10.3. The van der Waals surface area contributed by atoms with Gasteiger partial charge >= 0.3 is 8.56 Å². The molecule has 0 atom stereocenters. The van der Waals surface area contributed by atoms with Gasteiger partial charge in [0.2, 0.25) is 0 Å². The van der Waals surface area contributed by atoms with E-state index in [0.29, 0.717) is 0 Å². The van der Waals surface area contributed by atoms with E-state index in [9.17, 15) is 0 Å². The van der Waals surface area contributed by atoms with Gasteiger partial charge in [-0.05, 0) is 32.0 Å². The Morgan fingerprint density at radius 2 is 1.54 bits per heavy atom. The molecule has 0 aromatic rings. The average molecular weight is 202 g/mol. The molecule has 0 aromatic heterocycles. The first-order valence-electron chi connectivity index (χ1n) is 5.10. The highest BCUT2D eigenvalue weighted by Gasteiger charge is 2.27. The van der Waals surface area contributed by atoms with Crippen molar-refractivity contribution in [1.82, 2.24) is 0 Å². The van der Waals surface area contributed by atoms with Crippen molar-refractivity contribution in [1.29, 1.82) is 0 Å². The van der Waals surface area contributed by atoms with Crippen LogP contribution in [-0.2, 0) is 8.85 Å². The van der Waals surface area contributed by atoms with Gasteiger partial charge in [0.15, 0.2) is 0 Å². The van der Waals surface area contributed by atoms with E-state index in [-0.39, 0.29) is 0 Å². The third-order valence-corrected chi connectivity index (χ3v) is 4.15. The van der Waals surface area contributed by atoms with Crippen LogP contribution >= 0.6 is 0 Å². The molecule has 2 nitrogen and oxygen atoms in total. The highest BCUT2D eigenvalue weighted by atomic mass is 28.4. The van der Waals surface area contributed by atoms with Crippen LogP contribution in [0.4, 0.5) is 0 Å². The van der Waals surface area contributed by atoms with Crippen molar-refractivity contribution < 1.29 is 8.85 Å². The Balaban J connectivity index is 3.99. The lowest BCUT2D eigenvalue weighted by atomic mass is 10.5. The van der Waals surface area contributed by atoms with E-state index in [1.165, 1.54) is 0 Å². The van der Waals surface area contributed by atoms with Crippen LogP contribution in [0.25, 0.3) is 0 Å². The molecule has 0 spiro atoms. The largest absolute Gasteiger partial charge is 0.391 e. The molecule has 0 saturated heterocycles. The van der Waals surface area contributed by atoms with Gasteiger partial charge in [0.25, 0.3) is 0 Å². The van der Waals surface area contributed by atoms with Crippen LogP contribution < -0.4 is 0 Å². The molecule has 0 aromatic carbocycles. The summed E-state index contributed by atoms with van der Waals surface area (Å²) >= 11 is 0. The fourth-order valence-corrected chi connectivity index (χ4v) is 3.15. The van der Waals surface area contributed by atoms with E-state index in [1.807, 2.05) is 13.0 Å². The topological polar surface area (TPSA) is 18.5 Å². The molecule has 0 rings (SSSR count). The van der Waals surface area contributed by atoms with Gasteiger partial charge in [0, 0.05) is 13.2 Å². The van der Waals surface area contributed by atoms with Crippen molar-refractivity contribution in [2.75, 3.05) is 13.2 Å². The molecule has 0 aliphatic rings. The predicted molar refractivity (Wildman–Crippen MR) is 58.9 cm³/mol. The molecule has 0 radical (unpaired) electrons. The fourth-order valence-electron chi connectivity index (χ4n) is 1.05. The first-order valence-corrected chi connectivity index (χ1v) is 7.49. The van der Waals surface area contributed by atoms with Crippen LogP contribution in [0.15, 0.2) is 11.8 Å². The van der Waals surface area contributed by atoms with Gasteiger partial charge in [-0.3, -0.25) is 0 Å². The summed E-state index contributed by atoms with van der Waals surface area (Å²) in [7, 11) is -1.97. The minimum Gasteiger partial charge on any atom is -0.391 e. The molecule has 0 aliphatic carbocycles. The van der Waals surface area contributed by atoms with E-state index in [4.69, 9.17) is 8.85 Å². The van der Waals surface area contributed by atoms with Crippen LogP contribution in [0.3, 0.4) is 0 Å². The van der Waals surface area contributed by atoms with Gasteiger partial charge in [-0.1, -0.05) is 19.9 Å². The van der Waals surface area contributed by atoms with Crippen molar-refractivity contribution in [3.8, 4) is 0 Å². The summed E-state index contributed by atoms with van der Waals surface area (Å²) in [6, 6.07) is 0. The maximum Gasteiger partial charge on any atom is 0.361 e. The van der Waals surface area contributed by atoms with Crippen molar-refractivity contribution in [2.45, 2.75) is 40.2 Å². The van der Waals surface area contributed by atoms with E-state index in [1.54, 1.807) is 0 Å². The van der Waals surface area contributed by atoms with Gasteiger partial charge < -0.3 is 8.85 Å². The van der Waals surface area contributed by atoms with Crippen molar-refractivity contribution >= 4 is 8.56 Å². The Morgan fingerprint density at radius 1 is 1.08 bits per heavy atom. The Morgan fingerprint density at radius 3 is 1.85 bits per heavy atom. The minimum atomic E-state index is -1.97. The smallest absolute Gasteiger partial charge is 0.361 e. The van der Waals surface area contributed by atoms with Crippen LogP contribution in [0.1, 0.15) is 33.6 Å². The van der Waals surface area contributed by atoms with Gasteiger partial charge in [-0.2, -0.15) is 0 Å². The molecule has 0 N–H and O–H groups in total. The number of rotatable bonds is 7. The number of allylic oxidation sites excluding steroid dienone is 1. The van der Waals surface area contributed by atoms with Gasteiger partial charge in [-0.25, -0.2) is 0 Å². The van der Waals surface area contributed by atoms with Crippen molar-refractivity contribution in [2.24, 2.45) is 0 Å². The van der Waals surface area contributed by atoms with Gasteiger partial charge in [0.05, 0.1) is 0 Å². The lowest BCUT2D eigenvalue weighted by Gasteiger charge is -2.23. The first-order chi connectivity index (χ1) is 6.18. The zero-order chi connectivity index (χ0) is 10.2. The van der Waals surface area contributed by atoms with Crippen molar-refractivity contribution in [3.05, 3.63) is 11.8 Å². The quantitative estimate of drug-likeness (QED) is 0.591. The highest BCUT2D eigenvalue weighted by Crippen LogP contribution is 2.10. The monoisotopic (exact) mass is 202 g/mol. The summed E-state index contributed by atoms with van der Waals surface area (Å²) in [5.74, 6) is 0. The summed E-state index contributed by atoms with van der Waals surface area (Å²) in [4.78, 5) is 0. The summed E-state index contributed by atoms with van der Waals surface area (Å²) in [6.07, 6.45) is 4.13. The fraction of sp³-hybridized carbons (Fsp3) is 0.800. The van der Waals surface area contributed by atoms with Gasteiger partial charge in [-0.15, -0.1) is 0 Å². The molecule has 0 bridgehead atoms. The lowest BCUT2D eigenvalue weighted by Crippen LogP contribution is -2.37. The maximum absolute atomic E-state index is 5.75. The van der Waals surface area contributed by atoms with Crippen molar-refractivity contribution in [3.63, 3.8) is 0 Å². The second-order valence-electron chi connectivity index (χ2n) is 3.21. The number of hydrogen-bond donors (Lipinski definition) is 0. The average Bonchev–Trinajstić information content (AvgIpc) is 2.12. The molecule has 0 fully saturated rings. The summed E-state index contributed by atoms with van der Waals surface area (Å²) < 4.78 is 11.5. The van der Waals surface area contributed by atoms with Crippen LogP contribution in [-0.4, -0.2) is 21.8 Å². The molecule has 0 amide bonds. The summed E-state index contributed by atoms with van der Waals surface area (Å²) in [5, 5.41) is 0. The lowest BCUT2D eigenvalue weighted by molar-refractivity contribution is 0.184. The molecule has 78 valence electrons. The molecule has 0 saturated carbocycles. The maximum atomic E-state index is 5.75. The van der Waals surface area contributed by atoms with Crippen LogP contribution in [0.2, 0.25) is 6.55 Å². The third kappa shape index (κ3) is 6.02. The van der Waals surface area contributed by atoms with Gasteiger partial charge in [0.1, 0.15) is 0 Å². The van der Waals surface area contributed by atoms with E-state index in [0.717, 1.165) is 26.1 Å². The van der Waals surface area contributed by atoms with E-state index < -0.39 is 8.56 Å². The Labute approximate surface area is 83.2 Å². The summed E-state index contributed by atoms with van der Waals surface area (Å²) in [5.41, 5.74) is 2.10. The SMILES string of the molecule is CC=C[Si](C)(OCCC)OCCC.